The molecular formula is C15H20ClNO3. The summed E-state index contributed by atoms with van der Waals surface area (Å²) in [6.07, 6.45) is 1.39. The van der Waals surface area contributed by atoms with E-state index >= 15 is 0 Å². The summed E-state index contributed by atoms with van der Waals surface area (Å²) in [4.78, 5) is 13.7. The number of alkyl halides is 1. The van der Waals surface area contributed by atoms with Gasteiger partial charge in [-0.3, -0.25) is 4.79 Å². The molecule has 0 spiro atoms. The van der Waals surface area contributed by atoms with Crippen LogP contribution in [0.3, 0.4) is 0 Å². The van der Waals surface area contributed by atoms with E-state index in [2.05, 4.69) is 0 Å². The Morgan fingerprint density at radius 1 is 1.30 bits per heavy atom. The largest absolute Gasteiger partial charge is 0.493 e. The molecule has 1 heterocycles. The Morgan fingerprint density at radius 2 is 2.05 bits per heavy atom. The number of likely N-dealkylation sites (tertiary alicyclic amines) is 1. The third kappa shape index (κ3) is 3.37. The molecule has 0 bridgehead atoms. The summed E-state index contributed by atoms with van der Waals surface area (Å²) >= 11 is 5.82. The molecule has 1 aliphatic heterocycles. The number of carbonyl (C=O) groups is 1. The first kappa shape index (κ1) is 15.0. The standard InChI is InChI=1S/C15H20ClNO3/c1-19-13-4-3-11(7-14(13)20-2)5-6-17-10-12(9-16)8-15(17)18/h3-4,7,12H,5-6,8-10H2,1-2H3. The van der Waals surface area contributed by atoms with Crippen LogP contribution in [0.1, 0.15) is 12.0 Å². The van der Waals surface area contributed by atoms with Crippen molar-refractivity contribution >= 4 is 17.5 Å². The summed E-state index contributed by atoms with van der Waals surface area (Å²) in [5, 5.41) is 0. The second-order valence-electron chi connectivity index (χ2n) is 5.00. The SMILES string of the molecule is COc1ccc(CCN2CC(CCl)CC2=O)cc1OC. The second-order valence-corrected chi connectivity index (χ2v) is 5.31. The first-order chi connectivity index (χ1) is 9.67. The molecule has 4 nitrogen and oxygen atoms in total. The highest BCUT2D eigenvalue weighted by atomic mass is 35.5. The van der Waals surface area contributed by atoms with Crippen LogP contribution in [0.5, 0.6) is 11.5 Å². The second kappa shape index (κ2) is 6.84. The van der Waals surface area contributed by atoms with Gasteiger partial charge in [0.1, 0.15) is 0 Å². The molecule has 0 radical (unpaired) electrons. The number of nitrogens with zero attached hydrogens (tertiary/aromatic N) is 1. The summed E-state index contributed by atoms with van der Waals surface area (Å²) in [6, 6.07) is 5.85. The Hall–Kier alpha value is -1.42. The molecule has 1 aliphatic rings. The van der Waals surface area contributed by atoms with Crippen LogP contribution in [0.2, 0.25) is 0 Å². The molecule has 110 valence electrons. The first-order valence-corrected chi connectivity index (χ1v) is 7.26. The highest BCUT2D eigenvalue weighted by molar-refractivity contribution is 6.18. The van der Waals surface area contributed by atoms with Gasteiger partial charge >= 0.3 is 0 Å². The molecule has 2 rings (SSSR count). The highest BCUT2D eigenvalue weighted by Gasteiger charge is 2.28. The Bertz CT molecular complexity index is 478. The predicted octanol–water partition coefficient (Wildman–Crippen LogP) is 2.33. The lowest BCUT2D eigenvalue weighted by Gasteiger charge is -2.16. The lowest BCUT2D eigenvalue weighted by atomic mass is 10.1. The van der Waals surface area contributed by atoms with Crippen molar-refractivity contribution in [2.75, 3.05) is 33.2 Å². The number of methoxy groups -OCH3 is 2. The van der Waals surface area contributed by atoms with Gasteiger partial charge in [-0.2, -0.15) is 0 Å². The third-order valence-electron chi connectivity index (χ3n) is 3.63. The van der Waals surface area contributed by atoms with Crippen LogP contribution in [0, 0.1) is 5.92 Å². The first-order valence-electron chi connectivity index (χ1n) is 6.72. The summed E-state index contributed by atoms with van der Waals surface area (Å²) in [7, 11) is 3.24. The van der Waals surface area contributed by atoms with Gasteiger partial charge in [0.2, 0.25) is 5.91 Å². The number of halogens is 1. The van der Waals surface area contributed by atoms with E-state index < -0.39 is 0 Å². The molecule has 1 aromatic carbocycles. The molecule has 0 aliphatic carbocycles. The molecule has 1 atom stereocenters. The molecule has 20 heavy (non-hydrogen) atoms. The van der Waals surface area contributed by atoms with Crippen molar-refractivity contribution in [3.8, 4) is 11.5 Å². The lowest BCUT2D eigenvalue weighted by molar-refractivity contribution is -0.127. The minimum absolute atomic E-state index is 0.205. The van der Waals surface area contributed by atoms with Crippen LogP contribution in [0.25, 0.3) is 0 Å². The van der Waals surface area contributed by atoms with Gasteiger partial charge in [-0.15, -0.1) is 11.6 Å². The average Bonchev–Trinajstić information content (AvgIpc) is 2.85. The summed E-state index contributed by atoms with van der Waals surface area (Å²) in [5.41, 5.74) is 1.13. The van der Waals surface area contributed by atoms with Crippen molar-refractivity contribution in [1.29, 1.82) is 0 Å². The van der Waals surface area contributed by atoms with Crippen molar-refractivity contribution < 1.29 is 14.3 Å². The molecule has 1 saturated heterocycles. The average molecular weight is 298 g/mol. The fourth-order valence-corrected chi connectivity index (χ4v) is 2.68. The number of hydrogen-bond donors (Lipinski definition) is 0. The van der Waals surface area contributed by atoms with Crippen molar-refractivity contribution in [2.24, 2.45) is 5.92 Å². The van der Waals surface area contributed by atoms with Crippen molar-refractivity contribution in [3.05, 3.63) is 23.8 Å². The summed E-state index contributed by atoms with van der Waals surface area (Å²) in [5.74, 6) is 2.50. The van der Waals surface area contributed by atoms with Crippen LogP contribution in [0.4, 0.5) is 0 Å². The van der Waals surface area contributed by atoms with Crippen molar-refractivity contribution in [3.63, 3.8) is 0 Å². The molecule has 1 unspecified atom stereocenters. The Labute approximate surface area is 124 Å². The van der Waals surface area contributed by atoms with Crippen LogP contribution >= 0.6 is 11.6 Å². The van der Waals surface area contributed by atoms with Gasteiger partial charge in [0, 0.05) is 25.4 Å². The van der Waals surface area contributed by atoms with E-state index in [1.807, 2.05) is 23.1 Å². The molecule has 0 N–H and O–H groups in total. The van der Waals surface area contributed by atoms with Gasteiger partial charge in [0.25, 0.3) is 0 Å². The van der Waals surface area contributed by atoms with E-state index in [1.165, 1.54) is 0 Å². The van der Waals surface area contributed by atoms with E-state index in [-0.39, 0.29) is 5.91 Å². The normalized spacial score (nSPS) is 18.4. The zero-order valence-electron chi connectivity index (χ0n) is 11.9. The number of rotatable bonds is 6. The number of carbonyl (C=O) groups excluding carboxylic acids is 1. The van der Waals surface area contributed by atoms with Crippen LogP contribution in [0.15, 0.2) is 18.2 Å². The topological polar surface area (TPSA) is 38.8 Å². The minimum atomic E-state index is 0.205. The van der Waals surface area contributed by atoms with Crippen LogP contribution in [-0.2, 0) is 11.2 Å². The van der Waals surface area contributed by atoms with Crippen molar-refractivity contribution in [1.82, 2.24) is 4.90 Å². The van der Waals surface area contributed by atoms with Gasteiger partial charge < -0.3 is 14.4 Å². The van der Waals surface area contributed by atoms with Crippen LogP contribution in [-0.4, -0.2) is 44.0 Å². The van der Waals surface area contributed by atoms with E-state index in [9.17, 15) is 4.79 Å². The van der Waals surface area contributed by atoms with Gasteiger partial charge in [0.05, 0.1) is 14.2 Å². The van der Waals surface area contributed by atoms with Gasteiger partial charge in [-0.25, -0.2) is 0 Å². The summed E-state index contributed by atoms with van der Waals surface area (Å²) < 4.78 is 10.5. The quantitative estimate of drug-likeness (QED) is 0.757. The van der Waals surface area contributed by atoms with Gasteiger partial charge in [0.15, 0.2) is 11.5 Å². The molecule has 5 heteroatoms. The lowest BCUT2D eigenvalue weighted by Crippen LogP contribution is -2.27. The molecule has 0 saturated carbocycles. The molecule has 1 aromatic rings. The summed E-state index contributed by atoms with van der Waals surface area (Å²) in [6.45, 7) is 1.50. The van der Waals surface area contributed by atoms with Crippen molar-refractivity contribution in [2.45, 2.75) is 12.8 Å². The maximum Gasteiger partial charge on any atom is 0.222 e. The number of hydrogen-bond acceptors (Lipinski definition) is 3. The maximum absolute atomic E-state index is 11.8. The fourth-order valence-electron chi connectivity index (χ4n) is 2.47. The number of ether oxygens (including phenoxy) is 2. The smallest absolute Gasteiger partial charge is 0.222 e. The van der Waals surface area contributed by atoms with E-state index in [0.29, 0.717) is 18.2 Å². The minimum Gasteiger partial charge on any atom is -0.493 e. The predicted molar refractivity (Wildman–Crippen MR) is 78.7 cm³/mol. The Kier molecular flexibility index (Phi) is 5.12. The highest BCUT2D eigenvalue weighted by Crippen LogP contribution is 2.28. The molecule has 1 amide bonds. The third-order valence-corrected chi connectivity index (χ3v) is 4.07. The van der Waals surface area contributed by atoms with E-state index in [0.717, 1.165) is 36.6 Å². The van der Waals surface area contributed by atoms with Crippen LogP contribution < -0.4 is 9.47 Å². The maximum atomic E-state index is 11.8. The Balaban J connectivity index is 1.96. The Morgan fingerprint density at radius 3 is 2.65 bits per heavy atom. The zero-order chi connectivity index (χ0) is 14.5. The van der Waals surface area contributed by atoms with E-state index in [4.69, 9.17) is 21.1 Å². The monoisotopic (exact) mass is 297 g/mol. The fraction of sp³-hybridized carbons (Fsp3) is 0.533. The molecule has 0 aromatic heterocycles. The molecule has 1 fully saturated rings. The van der Waals surface area contributed by atoms with Gasteiger partial charge in [-0.1, -0.05) is 6.07 Å². The number of amides is 1. The zero-order valence-corrected chi connectivity index (χ0v) is 12.7. The van der Waals surface area contributed by atoms with E-state index in [1.54, 1.807) is 14.2 Å². The number of benzene rings is 1. The van der Waals surface area contributed by atoms with Gasteiger partial charge in [-0.05, 0) is 30.0 Å². The molecular weight excluding hydrogens is 278 g/mol.